The number of halogens is 1. The third-order valence-electron chi connectivity index (χ3n) is 2.75. The van der Waals surface area contributed by atoms with Gasteiger partial charge in [0.15, 0.2) is 0 Å². The maximum atomic E-state index is 13.1. The Morgan fingerprint density at radius 1 is 1.56 bits per heavy atom. The van der Waals surface area contributed by atoms with Gasteiger partial charge in [-0.05, 0) is 18.2 Å². The van der Waals surface area contributed by atoms with Gasteiger partial charge in [-0.3, -0.25) is 9.59 Å². The largest absolute Gasteiger partial charge is 0.469 e. The Hall–Kier alpha value is -1.95. The zero-order valence-corrected chi connectivity index (χ0v) is 9.83. The average Bonchev–Trinajstić information content (AvgIpc) is 2.65. The van der Waals surface area contributed by atoms with Crippen LogP contribution in [0.15, 0.2) is 18.2 Å². The number of carbonyl (C=O) groups excluding carboxylic acids is 2. The van der Waals surface area contributed by atoms with E-state index in [0.29, 0.717) is 17.8 Å². The van der Waals surface area contributed by atoms with Crippen molar-refractivity contribution in [2.75, 3.05) is 19.0 Å². The van der Waals surface area contributed by atoms with Gasteiger partial charge in [-0.25, -0.2) is 4.39 Å². The minimum atomic E-state index is -0.625. The van der Waals surface area contributed by atoms with Gasteiger partial charge in [0.05, 0.1) is 13.5 Å². The molecule has 6 heteroatoms. The number of fused-ring (bicyclic) bond motifs is 1. The smallest absolute Gasteiger partial charge is 0.306 e. The highest BCUT2D eigenvalue weighted by Gasteiger charge is 2.30. The fourth-order valence-corrected chi connectivity index (χ4v) is 1.86. The summed E-state index contributed by atoms with van der Waals surface area (Å²) in [5.74, 6) is -1.01. The second-order valence-corrected chi connectivity index (χ2v) is 3.93. The topological polar surface area (TPSA) is 67.4 Å². The first-order chi connectivity index (χ1) is 8.61. The number of esters is 1. The number of ether oxygens (including phenoxy) is 1. The fraction of sp³-hybridized carbons (Fsp3) is 0.333. The molecule has 96 valence electrons. The van der Waals surface area contributed by atoms with Gasteiger partial charge in [0.25, 0.3) is 0 Å². The average molecular weight is 252 g/mol. The van der Waals surface area contributed by atoms with E-state index in [9.17, 15) is 14.0 Å². The van der Waals surface area contributed by atoms with Crippen LogP contribution in [-0.4, -0.2) is 25.5 Å². The van der Waals surface area contributed by atoms with Crippen molar-refractivity contribution in [3.8, 4) is 0 Å². The van der Waals surface area contributed by atoms with E-state index in [1.165, 1.54) is 25.3 Å². The predicted molar refractivity (Wildman–Crippen MR) is 62.4 cm³/mol. The second-order valence-electron chi connectivity index (χ2n) is 3.93. The van der Waals surface area contributed by atoms with Gasteiger partial charge in [0, 0.05) is 17.8 Å². The molecule has 18 heavy (non-hydrogen) atoms. The molecule has 0 aliphatic carbocycles. The molecule has 1 aromatic carbocycles. The van der Waals surface area contributed by atoms with E-state index < -0.39 is 11.9 Å². The van der Waals surface area contributed by atoms with Crippen molar-refractivity contribution in [2.24, 2.45) is 0 Å². The number of hydrogen-bond donors (Lipinski definition) is 2. The van der Waals surface area contributed by atoms with Gasteiger partial charge in [-0.2, -0.15) is 0 Å². The summed E-state index contributed by atoms with van der Waals surface area (Å²) in [5, 5.41) is 5.54. The highest BCUT2D eigenvalue weighted by atomic mass is 19.1. The zero-order chi connectivity index (χ0) is 13.1. The highest BCUT2D eigenvalue weighted by molar-refractivity contribution is 6.02. The maximum absolute atomic E-state index is 13.1. The molecule has 1 aliphatic rings. The predicted octanol–water partition coefficient (Wildman–Crippen LogP) is 0.972. The van der Waals surface area contributed by atoms with Crippen LogP contribution in [0.25, 0.3) is 0 Å². The van der Waals surface area contributed by atoms with Crippen LogP contribution in [0.5, 0.6) is 0 Å². The molecule has 0 spiro atoms. The first-order valence-electron chi connectivity index (χ1n) is 5.52. The summed E-state index contributed by atoms with van der Waals surface area (Å²) >= 11 is 0. The lowest BCUT2D eigenvalue weighted by atomic mass is 10.1. The summed E-state index contributed by atoms with van der Waals surface area (Å²) in [5.41, 5.74) is 1.15. The van der Waals surface area contributed by atoms with E-state index in [-0.39, 0.29) is 18.3 Å². The van der Waals surface area contributed by atoms with Gasteiger partial charge >= 0.3 is 5.97 Å². The van der Waals surface area contributed by atoms with E-state index in [2.05, 4.69) is 15.4 Å². The van der Waals surface area contributed by atoms with Crippen molar-refractivity contribution in [1.82, 2.24) is 5.32 Å². The van der Waals surface area contributed by atoms with Crippen LogP contribution in [0.1, 0.15) is 18.0 Å². The Morgan fingerprint density at radius 2 is 2.33 bits per heavy atom. The number of methoxy groups -OCH3 is 1. The van der Waals surface area contributed by atoms with Crippen LogP contribution < -0.4 is 10.6 Å². The number of carbonyl (C=O) groups is 2. The van der Waals surface area contributed by atoms with Crippen molar-refractivity contribution in [2.45, 2.75) is 12.5 Å². The van der Waals surface area contributed by atoms with E-state index in [4.69, 9.17) is 0 Å². The molecule has 0 fully saturated rings. The lowest BCUT2D eigenvalue weighted by Gasteiger charge is -2.10. The molecular formula is C12H13FN2O3. The monoisotopic (exact) mass is 252 g/mol. The summed E-state index contributed by atoms with van der Waals surface area (Å²) < 4.78 is 17.6. The summed E-state index contributed by atoms with van der Waals surface area (Å²) in [7, 11) is 1.30. The Morgan fingerprint density at radius 3 is 3.06 bits per heavy atom. The molecule has 1 aromatic rings. The minimum Gasteiger partial charge on any atom is -0.469 e. The van der Waals surface area contributed by atoms with E-state index >= 15 is 0 Å². The molecule has 0 bridgehead atoms. The van der Waals surface area contributed by atoms with Crippen LogP contribution in [0.2, 0.25) is 0 Å². The van der Waals surface area contributed by atoms with Crippen LogP contribution in [-0.2, 0) is 14.3 Å². The molecule has 1 heterocycles. The van der Waals surface area contributed by atoms with Crippen molar-refractivity contribution in [3.05, 3.63) is 29.6 Å². The van der Waals surface area contributed by atoms with Crippen LogP contribution >= 0.6 is 0 Å². The van der Waals surface area contributed by atoms with Crippen molar-refractivity contribution < 1.29 is 18.7 Å². The number of amides is 1. The van der Waals surface area contributed by atoms with Crippen LogP contribution in [0.4, 0.5) is 10.1 Å². The molecule has 0 saturated heterocycles. The molecule has 0 saturated carbocycles. The van der Waals surface area contributed by atoms with Gasteiger partial charge in [0.2, 0.25) is 5.91 Å². The summed E-state index contributed by atoms with van der Waals surface area (Å²) in [6, 6.07) is 3.49. The van der Waals surface area contributed by atoms with Gasteiger partial charge in [-0.15, -0.1) is 0 Å². The lowest BCUT2D eigenvalue weighted by Crippen LogP contribution is -2.29. The first-order valence-corrected chi connectivity index (χ1v) is 5.52. The maximum Gasteiger partial charge on any atom is 0.306 e. The Kier molecular flexibility index (Phi) is 3.57. The molecule has 1 aliphatic heterocycles. The Bertz CT molecular complexity index is 490. The summed E-state index contributed by atoms with van der Waals surface area (Å²) in [4.78, 5) is 22.6. The van der Waals surface area contributed by atoms with Crippen molar-refractivity contribution >= 4 is 17.6 Å². The number of hydrogen-bond acceptors (Lipinski definition) is 4. The van der Waals surface area contributed by atoms with Crippen LogP contribution in [0.3, 0.4) is 0 Å². The van der Waals surface area contributed by atoms with Gasteiger partial charge in [0.1, 0.15) is 11.9 Å². The molecular weight excluding hydrogens is 239 g/mol. The minimum absolute atomic E-state index is 0.158. The number of rotatable bonds is 4. The number of benzene rings is 1. The SMILES string of the molecule is COC(=O)CCNC1C(=O)Nc2ccc(F)cc21. The third-order valence-corrected chi connectivity index (χ3v) is 2.75. The Labute approximate surface area is 103 Å². The Balaban J connectivity index is 2.04. The molecule has 1 unspecified atom stereocenters. The molecule has 1 atom stereocenters. The summed E-state index contributed by atoms with van der Waals surface area (Å²) in [6.45, 7) is 0.292. The molecule has 2 rings (SSSR count). The van der Waals surface area contributed by atoms with E-state index in [0.717, 1.165) is 0 Å². The lowest BCUT2D eigenvalue weighted by molar-refractivity contribution is -0.140. The van der Waals surface area contributed by atoms with Crippen molar-refractivity contribution in [3.63, 3.8) is 0 Å². The molecule has 2 N–H and O–H groups in total. The molecule has 1 amide bonds. The molecule has 0 aromatic heterocycles. The number of anilines is 1. The third kappa shape index (κ3) is 2.48. The van der Waals surface area contributed by atoms with Gasteiger partial charge < -0.3 is 15.4 Å². The van der Waals surface area contributed by atoms with E-state index in [1.54, 1.807) is 0 Å². The zero-order valence-electron chi connectivity index (χ0n) is 9.83. The fourth-order valence-electron chi connectivity index (χ4n) is 1.86. The molecule has 0 radical (unpaired) electrons. The normalized spacial score (nSPS) is 17.2. The van der Waals surface area contributed by atoms with E-state index in [1.807, 2.05) is 0 Å². The van der Waals surface area contributed by atoms with Crippen LogP contribution in [0, 0.1) is 5.82 Å². The molecule has 5 nitrogen and oxygen atoms in total. The second kappa shape index (κ2) is 5.14. The highest BCUT2D eigenvalue weighted by Crippen LogP contribution is 2.30. The van der Waals surface area contributed by atoms with Crippen molar-refractivity contribution in [1.29, 1.82) is 0 Å². The standard InChI is InChI=1S/C12H13FN2O3/c1-18-10(16)4-5-14-11-8-6-7(13)2-3-9(8)15-12(11)17/h2-3,6,11,14H,4-5H2,1H3,(H,15,17). The first kappa shape index (κ1) is 12.5. The van der Waals surface area contributed by atoms with Gasteiger partial charge in [-0.1, -0.05) is 0 Å². The number of nitrogens with one attached hydrogen (secondary N) is 2. The summed E-state index contributed by atoms with van der Waals surface area (Å²) in [6.07, 6.45) is 0.158. The quantitative estimate of drug-likeness (QED) is 0.784.